The predicted octanol–water partition coefficient (Wildman–Crippen LogP) is 1.24. The van der Waals surface area contributed by atoms with Crippen molar-refractivity contribution in [2.45, 2.75) is 25.8 Å². The van der Waals surface area contributed by atoms with Crippen molar-refractivity contribution in [1.29, 1.82) is 0 Å². The van der Waals surface area contributed by atoms with Gasteiger partial charge in [0.15, 0.2) is 0 Å². The highest BCUT2D eigenvalue weighted by Crippen LogP contribution is 2.12. The Morgan fingerprint density at radius 3 is 3.10 bits per heavy atom. The van der Waals surface area contributed by atoms with E-state index in [-0.39, 0.29) is 13.4 Å². The number of amides is 1. The van der Waals surface area contributed by atoms with Crippen molar-refractivity contribution in [3.8, 4) is 0 Å². The molecule has 1 saturated heterocycles. The Morgan fingerprint density at radius 1 is 2.00 bits per heavy atom. The number of hydrogen-bond acceptors (Lipinski definition) is 1. The van der Waals surface area contributed by atoms with Crippen molar-refractivity contribution in [2.24, 2.45) is 0 Å². The van der Waals surface area contributed by atoms with Crippen LogP contribution in [0.5, 0.6) is 0 Å². The van der Waals surface area contributed by atoms with Crippen molar-refractivity contribution in [2.75, 3.05) is 0 Å². The van der Waals surface area contributed by atoms with Crippen molar-refractivity contribution in [3.05, 3.63) is 17.9 Å². The number of nitrogens with one attached hydrogen (secondary N) is 1. The zero-order valence-electron chi connectivity index (χ0n) is 6.11. The van der Waals surface area contributed by atoms with E-state index < -0.39 is 0 Å². The van der Waals surface area contributed by atoms with Crippen LogP contribution < -0.4 is 5.32 Å². The normalized spacial score (nSPS) is 23.7. The second-order valence-corrected chi connectivity index (χ2v) is 2.52. The van der Waals surface area contributed by atoms with Crippen molar-refractivity contribution >= 4 is 5.91 Å². The predicted molar refractivity (Wildman–Crippen MR) is 41.6 cm³/mol. The Morgan fingerprint density at radius 2 is 2.70 bits per heavy atom. The Hall–Kier alpha value is -1.01. The summed E-state index contributed by atoms with van der Waals surface area (Å²) in [5, 5.41) is 2.83. The maximum atomic E-state index is 10.7. The Balaban J connectivity index is 0.000001000. The molecule has 2 heteroatoms. The van der Waals surface area contributed by atoms with Crippen molar-refractivity contribution in [3.63, 3.8) is 0 Å². The van der Waals surface area contributed by atoms with Gasteiger partial charge in [0.1, 0.15) is 0 Å². The van der Waals surface area contributed by atoms with Crippen LogP contribution in [0.1, 0.15) is 21.2 Å². The third-order valence-electron chi connectivity index (χ3n) is 1.80. The SMILES string of the molecule is C=C=C(C)C1CCC(=O)N1.[HH]. The van der Waals surface area contributed by atoms with Crippen LogP contribution in [0.25, 0.3) is 0 Å². The van der Waals surface area contributed by atoms with Gasteiger partial charge >= 0.3 is 0 Å². The molecule has 0 aromatic rings. The Labute approximate surface area is 62.1 Å². The first-order chi connectivity index (χ1) is 4.74. The summed E-state index contributed by atoms with van der Waals surface area (Å²) in [6.45, 7) is 5.45. The largest absolute Gasteiger partial charge is 0.349 e. The number of rotatable bonds is 1. The molecule has 1 amide bonds. The molecule has 0 radical (unpaired) electrons. The molecule has 1 N–H and O–H groups in total. The number of hydrogen-bond donors (Lipinski definition) is 1. The zero-order chi connectivity index (χ0) is 7.56. The van der Waals surface area contributed by atoms with E-state index in [4.69, 9.17) is 0 Å². The van der Waals surface area contributed by atoms with Crippen LogP contribution in [0.4, 0.5) is 0 Å². The molecule has 0 spiro atoms. The first kappa shape index (κ1) is 7.10. The van der Waals surface area contributed by atoms with Gasteiger partial charge in [-0.15, -0.1) is 5.73 Å². The van der Waals surface area contributed by atoms with E-state index in [1.165, 1.54) is 0 Å². The first-order valence-electron chi connectivity index (χ1n) is 3.40. The van der Waals surface area contributed by atoms with Gasteiger partial charge in [0.2, 0.25) is 5.91 Å². The molecule has 0 aliphatic carbocycles. The molecule has 1 fully saturated rings. The van der Waals surface area contributed by atoms with E-state index in [1.54, 1.807) is 0 Å². The van der Waals surface area contributed by atoms with E-state index in [1.807, 2.05) is 6.92 Å². The highest BCUT2D eigenvalue weighted by atomic mass is 16.1. The summed E-state index contributed by atoms with van der Waals surface area (Å²) in [5.74, 6) is 0.139. The quantitative estimate of drug-likeness (QED) is 0.544. The van der Waals surface area contributed by atoms with Crippen LogP contribution in [0.15, 0.2) is 17.9 Å². The molecule has 1 atom stereocenters. The lowest BCUT2D eigenvalue weighted by atomic mass is 10.1. The van der Waals surface area contributed by atoms with Gasteiger partial charge in [0.05, 0.1) is 6.04 Å². The molecular formula is C8H13NO. The summed E-state index contributed by atoms with van der Waals surface area (Å²) in [7, 11) is 0. The van der Waals surface area contributed by atoms with E-state index in [0.29, 0.717) is 6.42 Å². The van der Waals surface area contributed by atoms with Crippen LogP contribution in [0.3, 0.4) is 0 Å². The third kappa shape index (κ3) is 1.28. The average molecular weight is 139 g/mol. The molecule has 2 nitrogen and oxygen atoms in total. The number of carbonyl (C=O) groups excluding carboxylic acids is 1. The summed E-state index contributed by atoms with van der Waals surface area (Å²) < 4.78 is 0. The Bertz CT molecular complexity index is 206. The molecule has 0 bridgehead atoms. The van der Waals surface area contributed by atoms with Gasteiger partial charge in [0, 0.05) is 7.85 Å². The summed E-state index contributed by atoms with van der Waals surface area (Å²) in [6.07, 6.45) is 1.54. The van der Waals surface area contributed by atoms with Gasteiger partial charge in [0.25, 0.3) is 0 Å². The molecule has 0 aromatic carbocycles. The fourth-order valence-electron chi connectivity index (χ4n) is 1.06. The van der Waals surface area contributed by atoms with Gasteiger partial charge in [-0.05, 0) is 18.9 Å². The fraction of sp³-hybridized carbons (Fsp3) is 0.500. The van der Waals surface area contributed by atoms with Crippen LogP contribution in [0, 0.1) is 0 Å². The summed E-state index contributed by atoms with van der Waals surface area (Å²) >= 11 is 0. The lowest BCUT2D eigenvalue weighted by Crippen LogP contribution is -2.25. The summed E-state index contributed by atoms with van der Waals surface area (Å²) in [4.78, 5) is 10.7. The lowest BCUT2D eigenvalue weighted by molar-refractivity contribution is -0.119. The molecule has 1 aliphatic heterocycles. The summed E-state index contributed by atoms with van der Waals surface area (Å²) in [6, 6.07) is 0.199. The van der Waals surface area contributed by atoms with Crippen molar-refractivity contribution < 1.29 is 6.22 Å². The molecule has 0 saturated carbocycles. The minimum atomic E-state index is 0. The molecule has 1 heterocycles. The maximum absolute atomic E-state index is 10.7. The van der Waals surface area contributed by atoms with Gasteiger partial charge in [-0.3, -0.25) is 4.79 Å². The monoisotopic (exact) mass is 139 g/mol. The second-order valence-electron chi connectivity index (χ2n) is 2.52. The molecule has 0 aromatic heterocycles. The molecule has 1 aliphatic rings. The standard InChI is InChI=1S/C8H11NO.H2/c1-3-6(2)7-4-5-8(10)9-7;/h7H,1,4-5H2,2H3,(H,9,10);1H. The molecule has 1 unspecified atom stereocenters. The highest BCUT2D eigenvalue weighted by Gasteiger charge is 2.21. The zero-order valence-corrected chi connectivity index (χ0v) is 6.11. The van der Waals surface area contributed by atoms with E-state index in [2.05, 4.69) is 17.6 Å². The van der Waals surface area contributed by atoms with Crippen LogP contribution in [-0.4, -0.2) is 11.9 Å². The first-order valence-corrected chi connectivity index (χ1v) is 3.40. The second kappa shape index (κ2) is 2.72. The van der Waals surface area contributed by atoms with E-state index in [9.17, 15) is 4.79 Å². The smallest absolute Gasteiger partial charge is 0.220 e. The van der Waals surface area contributed by atoms with Crippen LogP contribution >= 0.6 is 0 Å². The topological polar surface area (TPSA) is 29.1 Å². The molecule has 56 valence electrons. The van der Waals surface area contributed by atoms with Gasteiger partial charge < -0.3 is 5.32 Å². The van der Waals surface area contributed by atoms with Crippen molar-refractivity contribution in [1.82, 2.24) is 5.32 Å². The fourth-order valence-corrected chi connectivity index (χ4v) is 1.06. The van der Waals surface area contributed by atoms with E-state index in [0.717, 1.165) is 12.0 Å². The maximum Gasteiger partial charge on any atom is 0.220 e. The summed E-state index contributed by atoms with van der Waals surface area (Å²) in [5.41, 5.74) is 3.81. The molecule has 1 rings (SSSR count). The van der Waals surface area contributed by atoms with Gasteiger partial charge in [-0.1, -0.05) is 6.58 Å². The van der Waals surface area contributed by atoms with Crippen LogP contribution in [0.2, 0.25) is 0 Å². The van der Waals surface area contributed by atoms with Crippen LogP contribution in [-0.2, 0) is 4.79 Å². The lowest BCUT2D eigenvalue weighted by Gasteiger charge is -2.06. The highest BCUT2D eigenvalue weighted by molar-refractivity contribution is 5.79. The molecule has 10 heavy (non-hydrogen) atoms. The Kier molecular flexibility index (Phi) is 1.93. The average Bonchev–Trinajstić information content (AvgIpc) is 2.34. The minimum Gasteiger partial charge on any atom is -0.349 e. The van der Waals surface area contributed by atoms with Gasteiger partial charge in [-0.25, -0.2) is 0 Å². The van der Waals surface area contributed by atoms with E-state index >= 15 is 0 Å². The molecular weight excluding hydrogens is 126 g/mol. The number of carbonyl (C=O) groups is 1. The van der Waals surface area contributed by atoms with Gasteiger partial charge in [-0.2, -0.15) is 0 Å². The third-order valence-corrected chi connectivity index (χ3v) is 1.80. The minimum absolute atomic E-state index is 0.